The fourth-order valence-electron chi connectivity index (χ4n) is 1.28. The second-order valence-corrected chi connectivity index (χ2v) is 3.50. The molecule has 0 saturated heterocycles. The number of amides is 1. The smallest absolute Gasteiger partial charge is 0.307 e. The largest absolute Gasteiger partial charge is 0.469 e. The number of nitrogens with one attached hydrogen (secondary N) is 1. The van der Waals surface area contributed by atoms with E-state index in [2.05, 4.69) is 10.1 Å². The Hall–Kier alpha value is -2.51. The Morgan fingerprint density at radius 3 is 2.68 bits per heavy atom. The van der Waals surface area contributed by atoms with Gasteiger partial charge in [0.15, 0.2) is 0 Å². The summed E-state index contributed by atoms with van der Waals surface area (Å²) in [5.74, 6) is -2.26. The Balaban J connectivity index is 2.67. The van der Waals surface area contributed by atoms with Crippen LogP contribution in [0.5, 0.6) is 0 Å². The van der Waals surface area contributed by atoms with Gasteiger partial charge >= 0.3 is 5.97 Å². The number of nitrogens with zero attached hydrogens (tertiary/aromatic N) is 1. The molecule has 0 atom stereocenters. The summed E-state index contributed by atoms with van der Waals surface area (Å²) in [6, 6.07) is 2.70. The molecule has 0 aromatic heterocycles. The maximum atomic E-state index is 13.5. The maximum Gasteiger partial charge on any atom is 0.307 e. The third-order valence-corrected chi connectivity index (χ3v) is 2.25. The quantitative estimate of drug-likeness (QED) is 0.489. The molecule has 1 aromatic carbocycles. The highest BCUT2D eigenvalue weighted by atomic mass is 19.1. The molecule has 0 bridgehead atoms. The van der Waals surface area contributed by atoms with E-state index in [1.165, 1.54) is 7.11 Å². The molecule has 8 heteroatoms. The third-order valence-electron chi connectivity index (χ3n) is 2.25. The molecular formula is C11H11FN2O5. The minimum atomic E-state index is -0.996. The van der Waals surface area contributed by atoms with Crippen molar-refractivity contribution in [1.29, 1.82) is 0 Å². The minimum Gasteiger partial charge on any atom is -0.469 e. The van der Waals surface area contributed by atoms with Gasteiger partial charge in [-0.2, -0.15) is 0 Å². The molecule has 0 aliphatic carbocycles. The van der Waals surface area contributed by atoms with Crippen LogP contribution >= 0.6 is 0 Å². The monoisotopic (exact) mass is 270 g/mol. The van der Waals surface area contributed by atoms with E-state index in [-0.39, 0.29) is 18.5 Å². The van der Waals surface area contributed by atoms with E-state index in [1.807, 2.05) is 0 Å². The zero-order chi connectivity index (χ0) is 14.4. The van der Waals surface area contributed by atoms with Crippen molar-refractivity contribution >= 4 is 17.6 Å². The van der Waals surface area contributed by atoms with Gasteiger partial charge in [0.05, 0.1) is 30.1 Å². The number of carbonyl (C=O) groups excluding carboxylic acids is 2. The highest BCUT2D eigenvalue weighted by Crippen LogP contribution is 2.16. The molecule has 0 unspecified atom stereocenters. The second kappa shape index (κ2) is 6.43. The van der Waals surface area contributed by atoms with Crippen molar-refractivity contribution in [3.05, 3.63) is 39.7 Å². The van der Waals surface area contributed by atoms with Crippen molar-refractivity contribution < 1.29 is 23.6 Å². The van der Waals surface area contributed by atoms with Crippen LogP contribution in [0.1, 0.15) is 16.8 Å². The number of methoxy groups -OCH3 is 1. The number of hydrogen-bond acceptors (Lipinski definition) is 5. The van der Waals surface area contributed by atoms with Gasteiger partial charge in [0.2, 0.25) is 0 Å². The number of non-ortho nitro benzene ring substituents is 1. The first kappa shape index (κ1) is 14.6. The summed E-state index contributed by atoms with van der Waals surface area (Å²) >= 11 is 0. The zero-order valence-electron chi connectivity index (χ0n) is 10.0. The van der Waals surface area contributed by atoms with E-state index >= 15 is 0 Å². The number of benzene rings is 1. The number of ether oxygens (including phenoxy) is 1. The molecule has 7 nitrogen and oxygen atoms in total. The molecule has 1 amide bonds. The second-order valence-electron chi connectivity index (χ2n) is 3.50. The van der Waals surface area contributed by atoms with Crippen LogP contribution in [-0.4, -0.2) is 30.5 Å². The van der Waals surface area contributed by atoms with E-state index in [0.29, 0.717) is 6.07 Å². The van der Waals surface area contributed by atoms with Crippen molar-refractivity contribution in [3.8, 4) is 0 Å². The normalized spacial score (nSPS) is 9.79. The summed E-state index contributed by atoms with van der Waals surface area (Å²) in [6.45, 7) is -0.0120. The van der Waals surface area contributed by atoms with E-state index in [1.54, 1.807) is 0 Å². The van der Waals surface area contributed by atoms with Gasteiger partial charge in [-0.05, 0) is 6.07 Å². The zero-order valence-corrected chi connectivity index (χ0v) is 10.0. The summed E-state index contributed by atoms with van der Waals surface area (Å²) in [4.78, 5) is 32.0. The van der Waals surface area contributed by atoms with Crippen molar-refractivity contribution in [2.24, 2.45) is 0 Å². The molecule has 102 valence electrons. The van der Waals surface area contributed by atoms with E-state index < -0.39 is 28.3 Å². The van der Waals surface area contributed by atoms with Gasteiger partial charge in [-0.15, -0.1) is 0 Å². The van der Waals surface area contributed by atoms with Gasteiger partial charge in [0.1, 0.15) is 5.82 Å². The lowest BCUT2D eigenvalue weighted by molar-refractivity contribution is -0.385. The van der Waals surface area contributed by atoms with E-state index in [0.717, 1.165) is 12.1 Å². The van der Waals surface area contributed by atoms with E-state index in [4.69, 9.17) is 0 Å². The molecule has 1 rings (SSSR count). The van der Waals surface area contributed by atoms with Crippen LogP contribution in [0.15, 0.2) is 18.2 Å². The number of hydrogen-bond donors (Lipinski definition) is 1. The van der Waals surface area contributed by atoms with Crippen LogP contribution in [0.3, 0.4) is 0 Å². The van der Waals surface area contributed by atoms with Crippen molar-refractivity contribution in [1.82, 2.24) is 5.32 Å². The van der Waals surface area contributed by atoms with E-state index in [9.17, 15) is 24.1 Å². The summed E-state index contributed by atoms with van der Waals surface area (Å²) in [5.41, 5.74) is -0.765. The molecule has 0 radical (unpaired) electrons. The number of rotatable bonds is 5. The Morgan fingerprint density at radius 1 is 1.47 bits per heavy atom. The first-order chi connectivity index (χ1) is 8.95. The Labute approximate surface area is 107 Å². The summed E-state index contributed by atoms with van der Waals surface area (Å²) in [5, 5.41) is 12.7. The fourth-order valence-corrected chi connectivity index (χ4v) is 1.28. The molecule has 0 spiro atoms. The molecule has 19 heavy (non-hydrogen) atoms. The average molecular weight is 270 g/mol. The Kier molecular flexibility index (Phi) is 4.92. The maximum absolute atomic E-state index is 13.5. The Bertz CT molecular complexity index is 518. The first-order valence-electron chi connectivity index (χ1n) is 5.24. The van der Waals surface area contributed by atoms with Gasteiger partial charge in [0, 0.05) is 12.6 Å². The molecular weight excluding hydrogens is 259 g/mol. The van der Waals surface area contributed by atoms with Gasteiger partial charge in [0.25, 0.3) is 11.6 Å². The molecule has 1 N–H and O–H groups in total. The van der Waals surface area contributed by atoms with Gasteiger partial charge in [-0.1, -0.05) is 0 Å². The molecule has 1 aromatic rings. The topological polar surface area (TPSA) is 98.5 Å². The lowest BCUT2D eigenvalue weighted by Gasteiger charge is -2.05. The lowest BCUT2D eigenvalue weighted by Crippen LogP contribution is -2.27. The first-order valence-corrected chi connectivity index (χ1v) is 5.24. The highest BCUT2D eigenvalue weighted by molar-refractivity contribution is 5.94. The summed E-state index contributed by atoms with van der Waals surface area (Å²) in [7, 11) is 1.21. The molecule has 0 saturated carbocycles. The van der Waals surface area contributed by atoms with Crippen LogP contribution in [0, 0.1) is 15.9 Å². The van der Waals surface area contributed by atoms with Crippen molar-refractivity contribution in [2.75, 3.05) is 13.7 Å². The van der Waals surface area contributed by atoms with Crippen LogP contribution in [0.25, 0.3) is 0 Å². The summed E-state index contributed by atoms with van der Waals surface area (Å²) in [6.07, 6.45) is -0.0448. The standard InChI is InChI=1S/C11H11FN2O5/c1-19-10(15)4-5-13-11(16)8-3-2-7(14(17)18)6-9(8)12/h2-3,6H,4-5H2,1H3,(H,13,16). The molecule has 0 aliphatic heterocycles. The van der Waals surface area contributed by atoms with Crippen molar-refractivity contribution in [2.45, 2.75) is 6.42 Å². The third kappa shape index (κ3) is 4.02. The van der Waals surface area contributed by atoms with Gasteiger partial charge < -0.3 is 10.1 Å². The molecule has 0 heterocycles. The van der Waals surface area contributed by atoms with Crippen LogP contribution in [0.2, 0.25) is 0 Å². The molecule has 0 aliphatic rings. The predicted octanol–water partition coefficient (Wildman–Crippen LogP) is 1.03. The predicted molar refractivity (Wildman–Crippen MR) is 62.0 cm³/mol. The van der Waals surface area contributed by atoms with Crippen LogP contribution < -0.4 is 5.32 Å². The number of nitro benzene ring substituents is 1. The van der Waals surface area contributed by atoms with Crippen molar-refractivity contribution in [3.63, 3.8) is 0 Å². The number of esters is 1. The average Bonchev–Trinajstić information content (AvgIpc) is 2.37. The Morgan fingerprint density at radius 2 is 2.16 bits per heavy atom. The van der Waals surface area contributed by atoms with Crippen LogP contribution in [-0.2, 0) is 9.53 Å². The van der Waals surface area contributed by atoms with Crippen LogP contribution in [0.4, 0.5) is 10.1 Å². The highest BCUT2D eigenvalue weighted by Gasteiger charge is 2.16. The number of halogens is 1. The fraction of sp³-hybridized carbons (Fsp3) is 0.273. The van der Waals surface area contributed by atoms with Gasteiger partial charge in [-0.25, -0.2) is 4.39 Å². The SMILES string of the molecule is COC(=O)CCNC(=O)c1ccc([N+](=O)[O-])cc1F. The number of carbonyl (C=O) groups is 2. The van der Waals surface area contributed by atoms with Gasteiger partial charge in [-0.3, -0.25) is 19.7 Å². The lowest BCUT2D eigenvalue weighted by atomic mass is 10.2. The number of nitro groups is 1. The minimum absolute atomic E-state index is 0.0120. The summed E-state index contributed by atoms with van der Waals surface area (Å²) < 4.78 is 17.8. The molecule has 0 fully saturated rings.